The number of hydrogen-bond acceptors (Lipinski definition) is 6. The van der Waals surface area contributed by atoms with Gasteiger partial charge in [0.15, 0.2) is 5.82 Å². The highest BCUT2D eigenvalue weighted by molar-refractivity contribution is 5.83. The Labute approximate surface area is 163 Å². The molecule has 1 N–H and O–H groups in total. The highest BCUT2D eigenvalue weighted by Crippen LogP contribution is 2.30. The van der Waals surface area contributed by atoms with Crippen LogP contribution in [0.5, 0.6) is 0 Å². The molecule has 8 heteroatoms. The van der Waals surface area contributed by atoms with Gasteiger partial charge in [0.25, 0.3) is 5.56 Å². The number of aromatic nitrogens is 5. The van der Waals surface area contributed by atoms with Crippen molar-refractivity contribution in [2.45, 2.75) is 39.3 Å². The lowest BCUT2D eigenvalue weighted by molar-refractivity contribution is 0.178. The lowest BCUT2D eigenvalue weighted by Gasteiger charge is -2.26. The zero-order valence-electron chi connectivity index (χ0n) is 16.6. The summed E-state index contributed by atoms with van der Waals surface area (Å²) < 4.78 is 6.94. The maximum absolute atomic E-state index is 13.1. The molecule has 2 aromatic heterocycles. The molecule has 1 aromatic carbocycles. The first-order valence-corrected chi connectivity index (χ1v) is 9.71. The van der Waals surface area contributed by atoms with Gasteiger partial charge in [0, 0.05) is 12.7 Å². The predicted molar refractivity (Wildman–Crippen MR) is 106 cm³/mol. The second-order valence-electron chi connectivity index (χ2n) is 7.50. The third-order valence-corrected chi connectivity index (χ3v) is 5.43. The summed E-state index contributed by atoms with van der Waals surface area (Å²) >= 11 is 0. The molecule has 3 heterocycles. The molecule has 0 spiro atoms. The number of ether oxygens (including phenoxy) is 1. The first-order valence-electron chi connectivity index (χ1n) is 9.71. The molecule has 148 valence electrons. The quantitative estimate of drug-likeness (QED) is 0.701. The van der Waals surface area contributed by atoms with Crippen LogP contribution in [0.4, 0.5) is 0 Å². The van der Waals surface area contributed by atoms with Gasteiger partial charge in [0.05, 0.1) is 18.7 Å². The van der Waals surface area contributed by atoms with E-state index in [4.69, 9.17) is 4.74 Å². The van der Waals surface area contributed by atoms with Gasteiger partial charge < -0.3 is 9.72 Å². The van der Waals surface area contributed by atoms with E-state index in [1.807, 2.05) is 13.0 Å². The number of methoxy groups -OCH3 is 1. The fourth-order valence-corrected chi connectivity index (χ4v) is 4.15. The second kappa shape index (κ2) is 7.81. The second-order valence-corrected chi connectivity index (χ2v) is 7.50. The van der Waals surface area contributed by atoms with Crippen molar-refractivity contribution in [3.8, 4) is 0 Å². The molecule has 1 aliphatic heterocycles. The molecular formula is C20H26N6O2. The minimum Gasteiger partial charge on any atom is -0.383 e. The minimum absolute atomic E-state index is 0.0855. The molecule has 28 heavy (non-hydrogen) atoms. The van der Waals surface area contributed by atoms with Crippen LogP contribution in [0.2, 0.25) is 0 Å². The molecule has 4 rings (SSSR count). The van der Waals surface area contributed by atoms with Crippen molar-refractivity contribution < 1.29 is 4.74 Å². The summed E-state index contributed by atoms with van der Waals surface area (Å²) in [5, 5.41) is 13.3. The average molecular weight is 382 g/mol. The Kier molecular flexibility index (Phi) is 5.23. The maximum Gasteiger partial charge on any atom is 0.253 e. The Balaban J connectivity index is 1.87. The minimum atomic E-state index is -0.275. The van der Waals surface area contributed by atoms with E-state index in [2.05, 4.69) is 44.5 Å². The van der Waals surface area contributed by atoms with E-state index < -0.39 is 0 Å². The predicted octanol–water partition coefficient (Wildman–Crippen LogP) is 1.96. The van der Waals surface area contributed by atoms with Gasteiger partial charge in [-0.3, -0.25) is 9.69 Å². The molecule has 0 radical (unpaired) electrons. The van der Waals surface area contributed by atoms with Crippen LogP contribution in [-0.4, -0.2) is 56.9 Å². The van der Waals surface area contributed by atoms with Crippen molar-refractivity contribution in [3.63, 3.8) is 0 Å². The number of pyridine rings is 1. The van der Waals surface area contributed by atoms with Crippen LogP contribution < -0.4 is 5.56 Å². The van der Waals surface area contributed by atoms with Gasteiger partial charge >= 0.3 is 0 Å². The van der Waals surface area contributed by atoms with Gasteiger partial charge in [-0.2, -0.15) is 0 Å². The van der Waals surface area contributed by atoms with Crippen LogP contribution in [0.3, 0.4) is 0 Å². The number of aromatic amines is 1. The normalized spacial score (nSPS) is 16.1. The smallest absolute Gasteiger partial charge is 0.253 e. The molecule has 1 atom stereocenters. The van der Waals surface area contributed by atoms with Gasteiger partial charge in [-0.05, 0) is 73.3 Å². The largest absolute Gasteiger partial charge is 0.383 e. The van der Waals surface area contributed by atoms with Crippen LogP contribution in [0.1, 0.15) is 41.4 Å². The Morgan fingerprint density at radius 2 is 2.00 bits per heavy atom. The number of aryl methyl sites for hydroxylation is 2. The lowest BCUT2D eigenvalue weighted by atomic mass is 10.0. The van der Waals surface area contributed by atoms with E-state index in [0.29, 0.717) is 24.5 Å². The van der Waals surface area contributed by atoms with Gasteiger partial charge in [-0.25, -0.2) is 4.68 Å². The van der Waals surface area contributed by atoms with E-state index in [1.54, 1.807) is 11.8 Å². The number of hydrogen-bond donors (Lipinski definition) is 1. The molecule has 1 aliphatic rings. The third-order valence-electron chi connectivity index (χ3n) is 5.43. The van der Waals surface area contributed by atoms with Crippen LogP contribution >= 0.6 is 0 Å². The molecule has 0 bridgehead atoms. The maximum atomic E-state index is 13.1. The lowest BCUT2D eigenvalue weighted by Crippen LogP contribution is -2.33. The SMILES string of the molecule is COCCn1nnnc1C(c1cc2cc(C)cc(C)c2[nH]c1=O)N1CCCC1. The molecule has 3 aromatic rings. The first kappa shape index (κ1) is 18.8. The van der Waals surface area contributed by atoms with Gasteiger partial charge in [-0.15, -0.1) is 5.10 Å². The van der Waals surface area contributed by atoms with E-state index in [9.17, 15) is 4.79 Å². The Morgan fingerprint density at radius 3 is 2.75 bits per heavy atom. The summed E-state index contributed by atoms with van der Waals surface area (Å²) in [6, 6.07) is 5.92. The molecular weight excluding hydrogens is 356 g/mol. The summed E-state index contributed by atoms with van der Waals surface area (Å²) in [4.78, 5) is 18.5. The topological polar surface area (TPSA) is 88.9 Å². The van der Waals surface area contributed by atoms with Crippen molar-refractivity contribution >= 4 is 10.9 Å². The van der Waals surface area contributed by atoms with Gasteiger partial charge in [-0.1, -0.05) is 11.6 Å². The number of nitrogens with zero attached hydrogens (tertiary/aromatic N) is 5. The number of tetrazole rings is 1. The highest BCUT2D eigenvalue weighted by atomic mass is 16.5. The Morgan fingerprint density at radius 1 is 1.21 bits per heavy atom. The first-order chi connectivity index (χ1) is 13.6. The zero-order chi connectivity index (χ0) is 19.7. The molecule has 1 saturated heterocycles. The van der Waals surface area contributed by atoms with Crippen LogP contribution in [0.25, 0.3) is 10.9 Å². The summed E-state index contributed by atoms with van der Waals surface area (Å²) in [6.07, 6.45) is 2.22. The fourth-order valence-electron chi connectivity index (χ4n) is 4.15. The van der Waals surface area contributed by atoms with Gasteiger partial charge in [0.1, 0.15) is 6.04 Å². The molecule has 0 amide bonds. The van der Waals surface area contributed by atoms with E-state index in [-0.39, 0.29) is 11.6 Å². The number of H-pyrrole nitrogens is 1. The summed E-state index contributed by atoms with van der Waals surface area (Å²) in [7, 11) is 1.65. The van der Waals surface area contributed by atoms with Crippen molar-refractivity contribution in [2.24, 2.45) is 0 Å². The third kappa shape index (κ3) is 3.45. The molecule has 1 fully saturated rings. The number of rotatable bonds is 6. The van der Waals surface area contributed by atoms with Crippen LogP contribution in [0, 0.1) is 13.8 Å². The molecule has 0 saturated carbocycles. The summed E-state index contributed by atoms with van der Waals surface area (Å²) in [5.41, 5.74) is 3.73. The summed E-state index contributed by atoms with van der Waals surface area (Å²) in [5.74, 6) is 0.688. The van der Waals surface area contributed by atoms with Crippen LogP contribution in [0.15, 0.2) is 23.0 Å². The number of likely N-dealkylation sites (tertiary alicyclic amines) is 1. The monoisotopic (exact) mass is 382 g/mol. The molecule has 1 unspecified atom stereocenters. The molecule has 8 nitrogen and oxygen atoms in total. The van der Waals surface area contributed by atoms with Crippen molar-refractivity contribution in [1.82, 2.24) is 30.1 Å². The summed E-state index contributed by atoms with van der Waals surface area (Å²) in [6.45, 7) is 7.00. The van der Waals surface area contributed by atoms with Crippen molar-refractivity contribution in [3.05, 3.63) is 51.1 Å². The average Bonchev–Trinajstić information content (AvgIpc) is 3.34. The highest BCUT2D eigenvalue weighted by Gasteiger charge is 2.32. The number of benzene rings is 1. The van der Waals surface area contributed by atoms with Crippen molar-refractivity contribution in [2.75, 3.05) is 26.8 Å². The Hall–Kier alpha value is -2.58. The van der Waals surface area contributed by atoms with E-state index >= 15 is 0 Å². The zero-order valence-corrected chi connectivity index (χ0v) is 16.6. The standard InChI is InChI=1S/C20H26N6O2/c1-13-10-14(2)17-15(11-13)12-16(20(27)21-17)18(25-6-4-5-7-25)19-22-23-24-26(19)8-9-28-3/h10-12,18H,4-9H2,1-3H3,(H,21,27). The number of fused-ring (bicyclic) bond motifs is 1. The Bertz CT molecular complexity index is 1030. The fraction of sp³-hybridized carbons (Fsp3) is 0.500. The van der Waals surface area contributed by atoms with Crippen molar-refractivity contribution in [1.29, 1.82) is 0 Å². The van der Waals surface area contributed by atoms with Crippen LogP contribution in [-0.2, 0) is 11.3 Å². The van der Waals surface area contributed by atoms with E-state index in [1.165, 1.54) is 5.56 Å². The van der Waals surface area contributed by atoms with Gasteiger partial charge in [0.2, 0.25) is 0 Å². The van der Waals surface area contributed by atoms with E-state index in [0.717, 1.165) is 42.4 Å². The molecule has 0 aliphatic carbocycles. The number of nitrogens with one attached hydrogen (secondary N) is 1.